The van der Waals surface area contributed by atoms with Gasteiger partial charge < -0.3 is 14.6 Å². The number of pyridine rings is 1. The van der Waals surface area contributed by atoms with Crippen LogP contribution >= 0.6 is 22.6 Å². The first kappa shape index (κ1) is 16.6. The average Bonchev–Trinajstić information content (AvgIpc) is 2.76. The minimum atomic E-state index is -0.828. The molecular weight excluding hydrogens is 435 g/mol. The standard InChI is InChI=1S/C17H19IN4O3/c1-10-14(18)15(12-4-3-5-13(23)20(12)2)19-22(10)11-6-17(7-11)8-21(9-17)16(24)25/h3-5,11H,6-9H2,1-2H3,(H,24,25). The van der Waals surface area contributed by atoms with Gasteiger partial charge in [-0.2, -0.15) is 5.10 Å². The fourth-order valence-electron chi connectivity index (χ4n) is 4.09. The number of hydrogen-bond donors (Lipinski definition) is 1. The van der Waals surface area contributed by atoms with E-state index in [4.69, 9.17) is 10.2 Å². The summed E-state index contributed by atoms with van der Waals surface area (Å²) in [4.78, 5) is 24.3. The number of aromatic nitrogens is 3. The zero-order valence-electron chi connectivity index (χ0n) is 14.1. The molecule has 2 aromatic heterocycles. The van der Waals surface area contributed by atoms with Crippen LogP contribution in [0.5, 0.6) is 0 Å². The highest BCUT2D eigenvalue weighted by Gasteiger charge is 2.55. The molecule has 3 heterocycles. The number of carboxylic acid groups (broad SMARTS) is 1. The Balaban J connectivity index is 1.59. The number of hydrogen-bond acceptors (Lipinski definition) is 3. The number of likely N-dealkylation sites (tertiary alicyclic amines) is 1. The summed E-state index contributed by atoms with van der Waals surface area (Å²) in [5, 5.41) is 13.8. The van der Waals surface area contributed by atoms with Crippen molar-refractivity contribution in [3.05, 3.63) is 37.8 Å². The molecule has 0 radical (unpaired) electrons. The summed E-state index contributed by atoms with van der Waals surface area (Å²) in [7, 11) is 1.76. The van der Waals surface area contributed by atoms with E-state index in [0.717, 1.165) is 33.5 Å². The van der Waals surface area contributed by atoms with Crippen molar-refractivity contribution in [2.24, 2.45) is 12.5 Å². The molecule has 2 fully saturated rings. The molecule has 1 spiro atoms. The molecule has 1 amide bonds. The molecule has 1 N–H and O–H groups in total. The van der Waals surface area contributed by atoms with Gasteiger partial charge in [-0.25, -0.2) is 4.79 Å². The fourth-order valence-corrected chi connectivity index (χ4v) is 4.72. The normalized spacial score (nSPS) is 18.9. The van der Waals surface area contributed by atoms with Gasteiger partial charge in [0.1, 0.15) is 5.69 Å². The van der Waals surface area contributed by atoms with Crippen molar-refractivity contribution in [2.75, 3.05) is 13.1 Å². The molecule has 2 aliphatic rings. The molecule has 2 aromatic rings. The molecule has 7 nitrogen and oxygen atoms in total. The Morgan fingerprint density at radius 2 is 2.04 bits per heavy atom. The third-order valence-electron chi connectivity index (χ3n) is 5.51. The number of rotatable bonds is 2. The largest absolute Gasteiger partial charge is 0.465 e. The average molecular weight is 454 g/mol. The molecule has 0 bridgehead atoms. The van der Waals surface area contributed by atoms with Crippen LogP contribution in [0.15, 0.2) is 23.0 Å². The Labute approximate surface area is 158 Å². The van der Waals surface area contributed by atoms with Crippen molar-refractivity contribution in [3.63, 3.8) is 0 Å². The second kappa shape index (κ2) is 5.58. The molecule has 0 aromatic carbocycles. The summed E-state index contributed by atoms with van der Waals surface area (Å²) in [6, 6.07) is 5.52. The molecule has 25 heavy (non-hydrogen) atoms. The van der Waals surface area contributed by atoms with Crippen molar-refractivity contribution in [1.82, 2.24) is 19.2 Å². The molecular formula is C17H19IN4O3. The Morgan fingerprint density at radius 1 is 1.36 bits per heavy atom. The highest BCUT2D eigenvalue weighted by Crippen LogP contribution is 2.54. The van der Waals surface area contributed by atoms with Crippen LogP contribution in [0.3, 0.4) is 0 Å². The maximum Gasteiger partial charge on any atom is 0.407 e. The second-order valence-electron chi connectivity index (χ2n) is 7.20. The van der Waals surface area contributed by atoms with Gasteiger partial charge in [0.25, 0.3) is 5.56 Å². The zero-order chi connectivity index (χ0) is 17.9. The lowest BCUT2D eigenvalue weighted by Crippen LogP contribution is -2.63. The van der Waals surface area contributed by atoms with Crippen LogP contribution in [0.4, 0.5) is 4.79 Å². The Bertz CT molecular complexity index is 918. The summed E-state index contributed by atoms with van der Waals surface area (Å²) >= 11 is 2.29. The van der Waals surface area contributed by atoms with Gasteiger partial charge in [-0.15, -0.1) is 0 Å². The fraction of sp³-hybridized carbons (Fsp3) is 0.471. The van der Waals surface area contributed by atoms with Gasteiger partial charge in [0.2, 0.25) is 0 Å². The lowest BCUT2D eigenvalue weighted by molar-refractivity contribution is -0.0775. The van der Waals surface area contributed by atoms with E-state index in [2.05, 4.69) is 34.2 Å². The Kier molecular flexibility index (Phi) is 3.71. The first-order valence-electron chi connectivity index (χ1n) is 8.20. The summed E-state index contributed by atoms with van der Waals surface area (Å²) in [6.07, 6.45) is 1.09. The monoisotopic (exact) mass is 454 g/mol. The van der Waals surface area contributed by atoms with E-state index in [1.807, 2.05) is 6.07 Å². The Hall–Kier alpha value is -1.84. The molecule has 0 unspecified atom stereocenters. The third-order valence-corrected chi connectivity index (χ3v) is 6.80. The van der Waals surface area contributed by atoms with Crippen LogP contribution < -0.4 is 5.56 Å². The molecule has 1 aliphatic carbocycles. The Morgan fingerprint density at radius 3 is 2.68 bits per heavy atom. The van der Waals surface area contributed by atoms with Crippen LogP contribution in [0.2, 0.25) is 0 Å². The summed E-state index contributed by atoms with van der Waals surface area (Å²) in [5.41, 5.74) is 2.84. The van der Waals surface area contributed by atoms with E-state index in [9.17, 15) is 9.59 Å². The van der Waals surface area contributed by atoms with Gasteiger partial charge in [-0.1, -0.05) is 6.07 Å². The predicted molar refractivity (Wildman–Crippen MR) is 101 cm³/mol. The molecule has 4 rings (SSSR count). The summed E-state index contributed by atoms with van der Waals surface area (Å²) < 4.78 is 4.73. The first-order chi connectivity index (χ1) is 11.8. The molecule has 132 valence electrons. The number of halogens is 1. The van der Waals surface area contributed by atoms with Crippen LogP contribution in [0, 0.1) is 15.9 Å². The number of nitrogens with zero attached hydrogens (tertiary/aromatic N) is 4. The van der Waals surface area contributed by atoms with Crippen molar-refractivity contribution in [2.45, 2.75) is 25.8 Å². The van der Waals surface area contributed by atoms with Crippen molar-refractivity contribution >= 4 is 28.7 Å². The first-order valence-corrected chi connectivity index (χ1v) is 9.28. The van der Waals surface area contributed by atoms with Gasteiger partial charge in [0.05, 0.1) is 15.3 Å². The van der Waals surface area contributed by atoms with Crippen molar-refractivity contribution < 1.29 is 9.90 Å². The smallest absolute Gasteiger partial charge is 0.407 e. The van der Waals surface area contributed by atoms with E-state index < -0.39 is 6.09 Å². The zero-order valence-corrected chi connectivity index (χ0v) is 16.2. The quantitative estimate of drug-likeness (QED) is 0.708. The lowest BCUT2D eigenvalue weighted by atomic mass is 9.61. The van der Waals surface area contributed by atoms with Crippen molar-refractivity contribution in [3.8, 4) is 11.4 Å². The van der Waals surface area contributed by atoms with Gasteiger partial charge >= 0.3 is 6.09 Å². The maximum absolute atomic E-state index is 11.9. The minimum absolute atomic E-state index is 0.0497. The van der Waals surface area contributed by atoms with Crippen LogP contribution in [-0.4, -0.2) is 43.5 Å². The molecule has 8 heteroatoms. The topological polar surface area (TPSA) is 80.4 Å². The van der Waals surface area contributed by atoms with Gasteiger partial charge in [0.15, 0.2) is 0 Å². The highest BCUT2D eigenvalue weighted by atomic mass is 127. The van der Waals surface area contributed by atoms with E-state index in [1.165, 1.54) is 4.90 Å². The van der Waals surface area contributed by atoms with Crippen LogP contribution in [0.25, 0.3) is 11.4 Å². The number of amides is 1. The maximum atomic E-state index is 11.9. The predicted octanol–water partition coefficient (Wildman–Crippen LogP) is 2.48. The van der Waals surface area contributed by atoms with Crippen LogP contribution in [-0.2, 0) is 7.05 Å². The van der Waals surface area contributed by atoms with Crippen molar-refractivity contribution in [1.29, 1.82) is 0 Å². The summed E-state index contributed by atoms with van der Waals surface area (Å²) in [6.45, 7) is 3.32. The van der Waals surface area contributed by atoms with E-state index >= 15 is 0 Å². The highest BCUT2D eigenvalue weighted by molar-refractivity contribution is 14.1. The van der Waals surface area contributed by atoms with E-state index in [1.54, 1.807) is 23.7 Å². The second-order valence-corrected chi connectivity index (χ2v) is 8.28. The number of carbonyl (C=O) groups is 1. The SMILES string of the molecule is Cc1c(I)c(-c2cccc(=O)n2C)nn1C1CC2(C1)CN(C(=O)O)C2. The molecule has 1 saturated heterocycles. The lowest BCUT2D eigenvalue weighted by Gasteiger charge is -2.58. The van der Waals surface area contributed by atoms with Gasteiger partial charge in [-0.05, 0) is 48.4 Å². The molecule has 0 atom stereocenters. The minimum Gasteiger partial charge on any atom is -0.465 e. The van der Waals surface area contributed by atoms with Gasteiger partial charge in [0, 0.05) is 37.3 Å². The third kappa shape index (κ3) is 2.49. The van der Waals surface area contributed by atoms with E-state index in [-0.39, 0.29) is 11.0 Å². The molecule has 1 saturated carbocycles. The van der Waals surface area contributed by atoms with Crippen LogP contribution in [0.1, 0.15) is 24.6 Å². The van der Waals surface area contributed by atoms with E-state index in [0.29, 0.717) is 19.1 Å². The summed E-state index contributed by atoms with van der Waals surface area (Å²) in [5.74, 6) is 0. The molecule has 1 aliphatic heterocycles. The van der Waals surface area contributed by atoms with Gasteiger partial charge in [-0.3, -0.25) is 9.48 Å².